The van der Waals surface area contributed by atoms with Crippen LogP contribution in [0.15, 0.2) is 35.1 Å². The molecule has 0 radical (unpaired) electrons. The number of rotatable bonds is 6. The maximum Gasteiger partial charge on any atom is 0.169 e. The molecule has 0 saturated carbocycles. The predicted octanol–water partition coefficient (Wildman–Crippen LogP) is 4.04. The third-order valence-corrected chi connectivity index (χ3v) is 4.88. The highest BCUT2D eigenvalue weighted by Crippen LogP contribution is 2.29. The fraction of sp³-hybridized carbons (Fsp3) is 0.333. The monoisotopic (exact) mass is 392 g/mol. The Morgan fingerprint density at radius 2 is 1.90 bits per heavy atom. The van der Waals surface area contributed by atoms with Crippen LogP contribution in [0.2, 0.25) is 0 Å². The first kappa shape index (κ1) is 18.9. The first-order chi connectivity index (χ1) is 13.9. The molecule has 0 atom stereocenters. The fourth-order valence-electron chi connectivity index (χ4n) is 3.32. The minimum atomic E-state index is 0.220. The van der Waals surface area contributed by atoms with E-state index in [0.717, 1.165) is 34.4 Å². The van der Waals surface area contributed by atoms with E-state index in [1.807, 2.05) is 30.5 Å². The van der Waals surface area contributed by atoms with Gasteiger partial charge < -0.3 is 19.5 Å². The molecular formula is C21H24N6O2. The lowest BCUT2D eigenvalue weighted by molar-refractivity contribution is 0.393. The van der Waals surface area contributed by atoms with Crippen molar-refractivity contribution in [1.82, 2.24) is 24.7 Å². The Kier molecular flexibility index (Phi) is 4.92. The van der Waals surface area contributed by atoms with Crippen molar-refractivity contribution in [3.05, 3.63) is 47.6 Å². The number of phenols is 1. The molecule has 3 aromatic heterocycles. The highest BCUT2D eigenvalue weighted by molar-refractivity contribution is 5.85. The van der Waals surface area contributed by atoms with E-state index in [1.54, 1.807) is 18.5 Å². The molecule has 0 unspecified atom stereocenters. The van der Waals surface area contributed by atoms with Crippen LogP contribution in [0.4, 0.5) is 5.82 Å². The SMILES string of the molecule is Cc1noc(C)c1-c1nc(NCCc2ccc(O)cc2)c2ncn(C(C)C)c2n1. The summed E-state index contributed by atoms with van der Waals surface area (Å²) < 4.78 is 7.35. The first-order valence-corrected chi connectivity index (χ1v) is 9.63. The summed E-state index contributed by atoms with van der Waals surface area (Å²) in [4.78, 5) is 14.1. The Hall–Kier alpha value is -3.42. The number of nitrogens with zero attached hydrogens (tertiary/aromatic N) is 5. The lowest BCUT2D eigenvalue weighted by atomic mass is 10.1. The second-order valence-electron chi connectivity index (χ2n) is 7.36. The van der Waals surface area contributed by atoms with Crippen LogP contribution in [-0.4, -0.2) is 36.3 Å². The number of imidazole rings is 1. The van der Waals surface area contributed by atoms with E-state index in [1.165, 1.54) is 0 Å². The molecule has 0 amide bonds. The highest BCUT2D eigenvalue weighted by atomic mass is 16.5. The molecule has 0 fully saturated rings. The Bertz CT molecular complexity index is 1120. The first-order valence-electron chi connectivity index (χ1n) is 9.63. The van der Waals surface area contributed by atoms with E-state index in [2.05, 4.69) is 29.3 Å². The third kappa shape index (κ3) is 3.65. The molecule has 8 heteroatoms. The number of benzene rings is 1. The molecule has 0 saturated heterocycles. The lowest BCUT2D eigenvalue weighted by Crippen LogP contribution is -2.09. The Morgan fingerprint density at radius 3 is 2.55 bits per heavy atom. The van der Waals surface area contributed by atoms with Crippen LogP contribution < -0.4 is 5.32 Å². The summed E-state index contributed by atoms with van der Waals surface area (Å²) in [6, 6.07) is 7.43. The van der Waals surface area contributed by atoms with Crippen LogP contribution in [0.5, 0.6) is 5.75 Å². The lowest BCUT2D eigenvalue weighted by Gasteiger charge is -2.11. The minimum absolute atomic E-state index is 0.220. The molecule has 8 nitrogen and oxygen atoms in total. The summed E-state index contributed by atoms with van der Waals surface area (Å²) in [6.45, 7) is 8.61. The zero-order chi connectivity index (χ0) is 20.5. The second kappa shape index (κ2) is 7.54. The van der Waals surface area contributed by atoms with Crippen molar-refractivity contribution in [2.24, 2.45) is 0 Å². The van der Waals surface area contributed by atoms with Crippen molar-refractivity contribution in [3.8, 4) is 17.1 Å². The average molecular weight is 392 g/mol. The molecule has 2 N–H and O–H groups in total. The van der Waals surface area contributed by atoms with E-state index in [0.29, 0.717) is 23.9 Å². The Morgan fingerprint density at radius 1 is 1.14 bits per heavy atom. The normalized spacial score (nSPS) is 11.5. The molecule has 0 aliphatic rings. The third-order valence-electron chi connectivity index (χ3n) is 4.88. The number of aromatic nitrogens is 5. The highest BCUT2D eigenvalue weighted by Gasteiger charge is 2.20. The molecule has 150 valence electrons. The van der Waals surface area contributed by atoms with Gasteiger partial charge in [0.25, 0.3) is 0 Å². The van der Waals surface area contributed by atoms with Gasteiger partial charge in [0, 0.05) is 12.6 Å². The van der Waals surface area contributed by atoms with Crippen LogP contribution >= 0.6 is 0 Å². The summed E-state index contributed by atoms with van der Waals surface area (Å²) in [5, 5.41) is 16.9. The van der Waals surface area contributed by atoms with E-state index < -0.39 is 0 Å². The fourth-order valence-corrected chi connectivity index (χ4v) is 3.32. The van der Waals surface area contributed by atoms with Gasteiger partial charge in [0.1, 0.15) is 17.0 Å². The van der Waals surface area contributed by atoms with E-state index >= 15 is 0 Å². The number of hydrogen-bond donors (Lipinski definition) is 2. The molecule has 29 heavy (non-hydrogen) atoms. The number of anilines is 1. The Balaban J connectivity index is 1.70. The maximum absolute atomic E-state index is 9.44. The summed E-state index contributed by atoms with van der Waals surface area (Å²) in [5.74, 6) is 2.21. The van der Waals surface area contributed by atoms with Crippen molar-refractivity contribution in [2.75, 3.05) is 11.9 Å². The van der Waals surface area contributed by atoms with Gasteiger partial charge in [0.15, 0.2) is 17.3 Å². The molecule has 3 heterocycles. The summed E-state index contributed by atoms with van der Waals surface area (Å²) >= 11 is 0. The van der Waals surface area contributed by atoms with Crippen molar-refractivity contribution in [1.29, 1.82) is 0 Å². The topological polar surface area (TPSA) is 102 Å². The molecule has 0 aliphatic carbocycles. The van der Waals surface area contributed by atoms with Gasteiger partial charge >= 0.3 is 0 Å². The van der Waals surface area contributed by atoms with Crippen molar-refractivity contribution in [3.63, 3.8) is 0 Å². The summed E-state index contributed by atoms with van der Waals surface area (Å²) in [6.07, 6.45) is 2.59. The van der Waals surface area contributed by atoms with Crippen molar-refractivity contribution in [2.45, 2.75) is 40.2 Å². The molecule has 4 rings (SSSR count). The number of fused-ring (bicyclic) bond motifs is 1. The minimum Gasteiger partial charge on any atom is -0.508 e. The van der Waals surface area contributed by atoms with E-state index in [4.69, 9.17) is 14.5 Å². The summed E-state index contributed by atoms with van der Waals surface area (Å²) in [7, 11) is 0. The maximum atomic E-state index is 9.44. The van der Waals surface area contributed by atoms with Gasteiger partial charge in [-0.2, -0.15) is 0 Å². The molecular weight excluding hydrogens is 368 g/mol. The van der Waals surface area contributed by atoms with Gasteiger partial charge in [-0.25, -0.2) is 15.0 Å². The van der Waals surface area contributed by atoms with Crippen LogP contribution in [-0.2, 0) is 6.42 Å². The van der Waals surface area contributed by atoms with Crippen molar-refractivity contribution < 1.29 is 9.63 Å². The molecule has 0 bridgehead atoms. The number of aryl methyl sites for hydroxylation is 2. The van der Waals surface area contributed by atoms with E-state index in [9.17, 15) is 5.11 Å². The van der Waals surface area contributed by atoms with E-state index in [-0.39, 0.29) is 11.8 Å². The smallest absolute Gasteiger partial charge is 0.169 e. The van der Waals surface area contributed by atoms with Gasteiger partial charge in [-0.1, -0.05) is 17.3 Å². The van der Waals surface area contributed by atoms with Gasteiger partial charge in [-0.15, -0.1) is 0 Å². The number of hydrogen-bond acceptors (Lipinski definition) is 7. The molecule has 1 aromatic carbocycles. The molecule has 0 spiro atoms. The summed E-state index contributed by atoms with van der Waals surface area (Å²) in [5.41, 5.74) is 4.20. The largest absolute Gasteiger partial charge is 0.508 e. The van der Waals surface area contributed by atoms with Gasteiger partial charge in [-0.05, 0) is 51.8 Å². The number of aromatic hydroxyl groups is 1. The van der Waals surface area contributed by atoms with Crippen LogP contribution in [0.25, 0.3) is 22.6 Å². The van der Waals surface area contributed by atoms with Crippen LogP contribution in [0, 0.1) is 13.8 Å². The average Bonchev–Trinajstić information content (AvgIpc) is 3.26. The second-order valence-corrected chi connectivity index (χ2v) is 7.36. The number of nitrogens with one attached hydrogen (secondary N) is 1. The predicted molar refractivity (Wildman–Crippen MR) is 111 cm³/mol. The zero-order valence-corrected chi connectivity index (χ0v) is 17.0. The molecule has 4 aromatic rings. The quantitative estimate of drug-likeness (QED) is 0.510. The van der Waals surface area contributed by atoms with Crippen molar-refractivity contribution >= 4 is 17.0 Å². The van der Waals surface area contributed by atoms with Gasteiger partial charge in [0.2, 0.25) is 0 Å². The standard InChI is InChI=1S/C21H24N6O2/c1-12(2)27-11-23-18-20(22-10-9-15-5-7-16(28)8-6-15)24-19(25-21(18)27)17-13(3)26-29-14(17)4/h5-8,11-12,28H,9-10H2,1-4H3,(H,22,24,25). The van der Waals surface area contributed by atoms with Gasteiger partial charge in [-0.3, -0.25) is 0 Å². The van der Waals surface area contributed by atoms with Crippen LogP contribution in [0.1, 0.15) is 36.9 Å². The molecule has 0 aliphatic heterocycles. The zero-order valence-electron chi connectivity index (χ0n) is 17.0. The number of phenolic OH excluding ortho intramolecular Hbond substituents is 1. The van der Waals surface area contributed by atoms with Crippen LogP contribution in [0.3, 0.4) is 0 Å². The van der Waals surface area contributed by atoms with Gasteiger partial charge in [0.05, 0.1) is 17.6 Å². The Labute approximate surface area is 168 Å².